The van der Waals surface area contributed by atoms with Crippen molar-refractivity contribution < 1.29 is 4.79 Å². The Balaban J connectivity index is 2.61. The molecule has 1 aromatic heterocycles. The van der Waals surface area contributed by atoms with E-state index in [0.29, 0.717) is 19.4 Å². The van der Waals surface area contributed by atoms with E-state index in [9.17, 15) is 4.79 Å². The van der Waals surface area contributed by atoms with Gasteiger partial charge < -0.3 is 5.73 Å². The molecule has 0 radical (unpaired) electrons. The van der Waals surface area contributed by atoms with Crippen molar-refractivity contribution in [1.29, 1.82) is 0 Å². The summed E-state index contributed by atoms with van der Waals surface area (Å²) >= 11 is 3.55. The Bertz CT molecular complexity index is 466. The van der Waals surface area contributed by atoms with Crippen molar-refractivity contribution in [2.24, 2.45) is 18.2 Å². The first kappa shape index (κ1) is 17.4. The summed E-state index contributed by atoms with van der Waals surface area (Å²) in [6.45, 7) is 7.08. The molecule has 0 unspecified atom stereocenters. The highest BCUT2D eigenvalue weighted by atomic mass is 79.9. The number of hydrogen-bond acceptors (Lipinski definition) is 3. The highest BCUT2D eigenvalue weighted by molar-refractivity contribution is 9.10. The standard InChI is InChI=1S/C15H26BrN3O/c1-5-12-14(16)13(19(4)18-12)10-11(20)6-7-15(2,3)8-9-17/h5-10,17H2,1-4H3. The topological polar surface area (TPSA) is 60.9 Å². The fourth-order valence-corrected chi connectivity index (χ4v) is 3.04. The molecule has 0 fully saturated rings. The van der Waals surface area contributed by atoms with Crippen LogP contribution in [-0.4, -0.2) is 22.1 Å². The highest BCUT2D eigenvalue weighted by Gasteiger charge is 2.20. The van der Waals surface area contributed by atoms with Crippen LogP contribution >= 0.6 is 15.9 Å². The van der Waals surface area contributed by atoms with Gasteiger partial charge in [0.15, 0.2) is 0 Å². The van der Waals surface area contributed by atoms with Crippen molar-refractivity contribution in [3.05, 3.63) is 15.9 Å². The molecule has 0 aromatic carbocycles. The molecule has 1 heterocycles. The van der Waals surface area contributed by atoms with E-state index < -0.39 is 0 Å². The number of carbonyl (C=O) groups is 1. The van der Waals surface area contributed by atoms with Gasteiger partial charge in [-0.05, 0) is 47.2 Å². The largest absolute Gasteiger partial charge is 0.330 e. The first-order chi connectivity index (χ1) is 9.30. The van der Waals surface area contributed by atoms with Crippen LogP contribution in [0.5, 0.6) is 0 Å². The lowest BCUT2D eigenvalue weighted by Crippen LogP contribution is -2.19. The number of Topliss-reactive ketones (excluding diaryl/α,β-unsaturated/α-hetero) is 1. The lowest BCUT2D eigenvalue weighted by atomic mass is 9.83. The van der Waals surface area contributed by atoms with Crippen molar-refractivity contribution >= 4 is 21.7 Å². The Morgan fingerprint density at radius 3 is 2.55 bits per heavy atom. The van der Waals surface area contributed by atoms with Gasteiger partial charge in [-0.15, -0.1) is 0 Å². The number of aryl methyl sites for hydroxylation is 2. The Morgan fingerprint density at radius 1 is 1.40 bits per heavy atom. The fraction of sp³-hybridized carbons (Fsp3) is 0.733. The van der Waals surface area contributed by atoms with Crippen LogP contribution in [-0.2, 0) is 24.7 Å². The average Bonchev–Trinajstić information content (AvgIpc) is 2.64. The van der Waals surface area contributed by atoms with Crippen molar-refractivity contribution in [3.8, 4) is 0 Å². The van der Waals surface area contributed by atoms with E-state index in [2.05, 4.69) is 41.8 Å². The second-order valence-electron chi connectivity index (χ2n) is 6.10. The molecule has 0 saturated heterocycles. The average molecular weight is 344 g/mol. The number of nitrogens with zero attached hydrogens (tertiary/aromatic N) is 2. The second kappa shape index (κ2) is 7.36. The summed E-state index contributed by atoms with van der Waals surface area (Å²) < 4.78 is 2.79. The van der Waals surface area contributed by atoms with E-state index in [1.807, 2.05) is 11.7 Å². The molecule has 0 aliphatic carbocycles. The van der Waals surface area contributed by atoms with Gasteiger partial charge in [0.25, 0.3) is 0 Å². The molecule has 2 N–H and O–H groups in total. The minimum atomic E-state index is 0.142. The van der Waals surface area contributed by atoms with E-state index in [1.165, 1.54) is 0 Å². The third-order valence-electron chi connectivity index (χ3n) is 3.77. The summed E-state index contributed by atoms with van der Waals surface area (Å²) in [6.07, 6.45) is 3.76. The summed E-state index contributed by atoms with van der Waals surface area (Å²) in [5.41, 5.74) is 7.73. The van der Waals surface area contributed by atoms with Crippen LogP contribution in [0, 0.1) is 5.41 Å². The maximum atomic E-state index is 12.2. The summed E-state index contributed by atoms with van der Waals surface area (Å²) in [4.78, 5) is 12.2. The summed E-state index contributed by atoms with van der Waals surface area (Å²) in [6, 6.07) is 0. The quantitative estimate of drug-likeness (QED) is 0.789. The molecule has 0 bridgehead atoms. The molecule has 5 heteroatoms. The number of carbonyl (C=O) groups excluding carboxylic acids is 1. The van der Waals surface area contributed by atoms with Gasteiger partial charge in [0.1, 0.15) is 5.78 Å². The number of nitrogens with two attached hydrogens (primary N) is 1. The molecule has 0 aliphatic rings. The SMILES string of the molecule is CCc1nn(C)c(CC(=O)CCC(C)(C)CCN)c1Br. The van der Waals surface area contributed by atoms with Gasteiger partial charge in [0.05, 0.1) is 15.9 Å². The molecular formula is C15H26BrN3O. The number of rotatable bonds is 8. The van der Waals surface area contributed by atoms with Gasteiger partial charge >= 0.3 is 0 Å². The Morgan fingerprint density at radius 2 is 2.05 bits per heavy atom. The minimum Gasteiger partial charge on any atom is -0.330 e. The molecule has 0 spiro atoms. The molecule has 0 saturated carbocycles. The van der Waals surface area contributed by atoms with Gasteiger partial charge in [-0.3, -0.25) is 9.48 Å². The zero-order valence-electron chi connectivity index (χ0n) is 13.0. The monoisotopic (exact) mass is 343 g/mol. The van der Waals surface area contributed by atoms with Crippen LogP contribution < -0.4 is 5.73 Å². The first-order valence-electron chi connectivity index (χ1n) is 7.22. The van der Waals surface area contributed by atoms with Crippen LogP contribution in [0.15, 0.2) is 4.47 Å². The van der Waals surface area contributed by atoms with E-state index in [-0.39, 0.29) is 11.2 Å². The molecule has 0 atom stereocenters. The van der Waals surface area contributed by atoms with Crippen LogP contribution in [0.4, 0.5) is 0 Å². The zero-order chi connectivity index (χ0) is 15.3. The number of ketones is 1. The van der Waals surface area contributed by atoms with Crippen molar-refractivity contribution in [2.45, 2.75) is 52.9 Å². The minimum absolute atomic E-state index is 0.142. The molecule has 1 aromatic rings. The predicted octanol–water partition coefficient (Wildman–Crippen LogP) is 3.01. The summed E-state index contributed by atoms with van der Waals surface area (Å²) in [5.74, 6) is 0.265. The smallest absolute Gasteiger partial charge is 0.138 e. The molecule has 4 nitrogen and oxygen atoms in total. The number of halogens is 1. The fourth-order valence-electron chi connectivity index (χ4n) is 2.28. The van der Waals surface area contributed by atoms with E-state index >= 15 is 0 Å². The van der Waals surface area contributed by atoms with Gasteiger partial charge in [0, 0.05) is 19.9 Å². The summed E-state index contributed by atoms with van der Waals surface area (Å²) in [7, 11) is 1.89. The van der Waals surface area contributed by atoms with Crippen LogP contribution in [0.2, 0.25) is 0 Å². The second-order valence-corrected chi connectivity index (χ2v) is 6.90. The number of hydrogen-bond donors (Lipinski definition) is 1. The maximum Gasteiger partial charge on any atom is 0.138 e. The van der Waals surface area contributed by atoms with Gasteiger partial charge in [-0.1, -0.05) is 20.8 Å². The molecule has 20 heavy (non-hydrogen) atoms. The molecule has 0 amide bonds. The van der Waals surface area contributed by atoms with Gasteiger partial charge in [0.2, 0.25) is 0 Å². The normalized spacial score (nSPS) is 11.9. The maximum absolute atomic E-state index is 12.2. The zero-order valence-corrected chi connectivity index (χ0v) is 14.6. The van der Waals surface area contributed by atoms with Crippen molar-refractivity contribution in [3.63, 3.8) is 0 Å². The first-order valence-corrected chi connectivity index (χ1v) is 8.02. The lowest BCUT2D eigenvalue weighted by Gasteiger charge is -2.23. The molecule has 0 aliphatic heterocycles. The van der Waals surface area contributed by atoms with E-state index in [0.717, 1.165) is 35.1 Å². The van der Waals surface area contributed by atoms with Crippen LogP contribution in [0.25, 0.3) is 0 Å². The highest BCUT2D eigenvalue weighted by Crippen LogP contribution is 2.27. The van der Waals surface area contributed by atoms with Gasteiger partial charge in [-0.25, -0.2) is 0 Å². The molecule has 114 valence electrons. The third kappa shape index (κ3) is 4.70. The lowest BCUT2D eigenvalue weighted by molar-refractivity contribution is -0.119. The van der Waals surface area contributed by atoms with Crippen LogP contribution in [0.1, 0.15) is 51.4 Å². The van der Waals surface area contributed by atoms with Crippen molar-refractivity contribution in [1.82, 2.24) is 9.78 Å². The number of aromatic nitrogens is 2. The van der Waals surface area contributed by atoms with Crippen molar-refractivity contribution in [2.75, 3.05) is 6.54 Å². The Labute approximate surface area is 130 Å². The van der Waals surface area contributed by atoms with E-state index in [1.54, 1.807) is 0 Å². The van der Waals surface area contributed by atoms with E-state index in [4.69, 9.17) is 5.73 Å². The third-order valence-corrected chi connectivity index (χ3v) is 4.68. The Kier molecular flexibility index (Phi) is 6.40. The van der Waals surface area contributed by atoms with Crippen LogP contribution in [0.3, 0.4) is 0 Å². The summed E-state index contributed by atoms with van der Waals surface area (Å²) in [5, 5.41) is 4.42. The van der Waals surface area contributed by atoms with Gasteiger partial charge in [-0.2, -0.15) is 5.10 Å². The predicted molar refractivity (Wildman–Crippen MR) is 85.7 cm³/mol. The Hall–Kier alpha value is -0.680. The molecular weight excluding hydrogens is 318 g/mol. The molecule has 1 rings (SSSR count).